The first-order valence-corrected chi connectivity index (χ1v) is 10.2. The highest BCUT2D eigenvalue weighted by atomic mass is 127. The van der Waals surface area contributed by atoms with Crippen LogP contribution in [0, 0.1) is 0 Å². The van der Waals surface area contributed by atoms with Gasteiger partial charge in [0.15, 0.2) is 5.96 Å². The molecule has 1 saturated carbocycles. The minimum absolute atomic E-state index is 0. The van der Waals surface area contributed by atoms with E-state index in [2.05, 4.69) is 35.8 Å². The van der Waals surface area contributed by atoms with Crippen LogP contribution in [-0.4, -0.2) is 47.1 Å². The highest BCUT2D eigenvalue weighted by molar-refractivity contribution is 14.0. The number of nitrogens with one attached hydrogen (secondary N) is 2. The third kappa shape index (κ3) is 6.92. The predicted octanol–water partition coefficient (Wildman–Crippen LogP) is 2.79. The molecule has 1 aliphatic heterocycles. The number of amides is 1. The molecule has 1 amide bonds. The molecular weight excluding hydrogens is 467 g/mol. The quantitative estimate of drug-likeness (QED) is 0.319. The Morgan fingerprint density at radius 1 is 1.25 bits per heavy atom. The van der Waals surface area contributed by atoms with Crippen LogP contribution in [0.5, 0.6) is 0 Å². The number of aliphatic imine (C=N–C) groups is 1. The first-order chi connectivity index (χ1) is 13.1. The molecule has 2 fully saturated rings. The van der Waals surface area contributed by atoms with Crippen LogP contribution in [0.3, 0.4) is 0 Å². The van der Waals surface area contributed by atoms with E-state index in [1.54, 1.807) is 0 Å². The van der Waals surface area contributed by atoms with E-state index in [4.69, 9.17) is 4.99 Å². The first kappa shape index (κ1) is 22.9. The molecule has 0 spiro atoms. The Labute approximate surface area is 185 Å². The number of benzene rings is 1. The highest BCUT2D eigenvalue weighted by Crippen LogP contribution is 2.18. The third-order valence-electron chi connectivity index (χ3n) is 5.34. The van der Waals surface area contributed by atoms with Gasteiger partial charge < -0.3 is 20.6 Å². The summed E-state index contributed by atoms with van der Waals surface area (Å²) in [7, 11) is 0. The molecule has 28 heavy (non-hydrogen) atoms. The summed E-state index contributed by atoms with van der Waals surface area (Å²) in [6.45, 7) is 5.05. The number of aliphatic hydroxyl groups excluding tert-OH is 1. The fraction of sp³-hybridized carbons (Fsp3) is 0.619. The molecule has 156 valence electrons. The molecule has 1 saturated heterocycles. The van der Waals surface area contributed by atoms with Crippen LogP contribution in [0.15, 0.2) is 29.3 Å². The molecule has 1 aromatic carbocycles. The molecule has 1 heterocycles. The van der Waals surface area contributed by atoms with Gasteiger partial charge in [0.2, 0.25) is 5.91 Å². The van der Waals surface area contributed by atoms with Gasteiger partial charge in [-0.1, -0.05) is 24.3 Å². The van der Waals surface area contributed by atoms with Gasteiger partial charge in [0.25, 0.3) is 0 Å². The van der Waals surface area contributed by atoms with E-state index in [9.17, 15) is 9.90 Å². The predicted molar refractivity (Wildman–Crippen MR) is 123 cm³/mol. The van der Waals surface area contributed by atoms with Crippen molar-refractivity contribution in [3.8, 4) is 0 Å². The minimum Gasteiger partial charge on any atom is -0.393 e. The Kier molecular flexibility index (Phi) is 9.50. The van der Waals surface area contributed by atoms with Gasteiger partial charge in [-0.15, -0.1) is 24.0 Å². The van der Waals surface area contributed by atoms with Crippen LogP contribution in [0.2, 0.25) is 0 Å². The van der Waals surface area contributed by atoms with E-state index in [0.717, 1.165) is 62.3 Å². The second-order valence-electron chi connectivity index (χ2n) is 7.58. The third-order valence-corrected chi connectivity index (χ3v) is 5.34. The largest absolute Gasteiger partial charge is 0.393 e. The molecule has 7 heteroatoms. The maximum Gasteiger partial charge on any atom is 0.222 e. The standard InChI is InChI=1S/C21H32N4O2.HI/c1-2-22-21(24-18-8-10-19(26)11-9-18)23-14-16-5-3-6-17(13-16)15-25-12-4-7-20(25)27;/h3,5-6,13,18-19,26H,2,4,7-12,14-15H2,1H3,(H2,22,23,24);1H. The molecule has 6 nitrogen and oxygen atoms in total. The Balaban J connectivity index is 0.00000280. The molecule has 0 unspecified atom stereocenters. The van der Waals surface area contributed by atoms with E-state index in [0.29, 0.717) is 25.6 Å². The van der Waals surface area contributed by atoms with Gasteiger partial charge in [-0.25, -0.2) is 4.99 Å². The minimum atomic E-state index is -0.146. The van der Waals surface area contributed by atoms with Crippen molar-refractivity contribution in [3.05, 3.63) is 35.4 Å². The zero-order valence-electron chi connectivity index (χ0n) is 16.7. The lowest BCUT2D eigenvalue weighted by atomic mass is 9.93. The summed E-state index contributed by atoms with van der Waals surface area (Å²) in [4.78, 5) is 18.5. The Morgan fingerprint density at radius 2 is 2.00 bits per heavy atom. The summed E-state index contributed by atoms with van der Waals surface area (Å²) in [5.41, 5.74) is 2.31. The van der Waals surface area contributed by atoms with Crippen molar-refractivity contribution in [2.75, 3.05) is 13.1 Å². The second kappa shape index (κ2) is 11.6. The molecule has 3 rings (SSSR count). The molecule has 0 radical (unpaired) electrons. The van der Waals surface area contributed by atoms with Gasteiger partial charge in [-0.05, 0) is 50.2 Å². The molecular formula is C21H33IN4O2. The van der Waals surface area contributed by atoms with Crippen LogP contribution in [-0.2, 0) is 17.9 Å². The van der Waals surface area contributed by atoms with Crippen LogP contribution in [0.1, 0.15) is 56.6 Å². The number of carbonyl (C=O) groups excluding carboxylic acids is 1. The van der Waals surface area contributed by atoms with Gasteiger partial charge in [0, 0.05) is 32.1 Å². The number of nitrogens with zero attached hydrogens (tertiary/aromatic N) is 2. The number of hydrogen-bond acceptors (Lipinski definition) is 3. The number of halogens is 1. The molecule has 1 aliphatic carbocycles. The smallest absolute Gasteiger partial charge is 0.222 e. The van der Waals surface area contributed by atoms with Gasteiger partial charge in [0.05, 0.1) is 12.6 Å². The van der Waals surface area contributed by atoms with Gasteiger partial charge >= 0.3 is 0 Å². The number of hydrogen-bond donors (Lipinski definition) is 3. The van der Waals surface area contributed by atoms with E-state index < -0.39 is 0 Å². The maximum atomic E-state index is 11.8. The van der Waals surface area contributed by atoms with Crippen molar-refractivity contribution in [2.45, 2.75) is 70.7 Å². The van der Waals surface area contributed by atoms with Crippen molar-refractivity contribution in [2.24, 2.45) is 4.99 Å². The van der Waals surface area contributed by atoms with Crippen molar-refractivity contribution in [3.63, 3.8) is 0 Å². The van der Waals surface area contributed by atoms with Crippen molar-refractivity contribution >= 4 is 35.8 Å². The summed E-state index contributed by atoms with van der Waals surface area (Å²) in [5.74, 6) is 1.09. The van der Waals surface area contributed by atoms with E-state index in [-0.39, 0.29) is 36.0 Å². The average Bonchev–Trinajstić information content (AvgIpc) is 3.07. The number of guanidine groups is 1. The lowest BCUT2D eigenvalue weighted by molar-refractivity contribution is -0.128. The molecule has 0 bridgehead atoms. The van der Waals surface area contributed by atoms with Crippen LogP contribution < -0.4 is 10.6 Å². The molecule has 0 aromatic heterocycles. The summed E-state index contributed by atoms with van der Waals surface area (Å²) >= 11 is 0. The average molecular weight is 500 g/mol. The van der Waals surface area contributed by atoms with Gasteiger partial charge in [-0.2, -0.15) is 0 Å². The van der Waals surface area contributed by atoms with E-state index in [1.165, 1.54) is 0 Å². The fourth-order valence-electron chi connectivity index (χ4n) is 3.82. The van der Waals surface area contributed by atoms with Crippen molar-refractivity contribution < 1.29 is 9.90 Å². The normalized spacial score (nSPS) is 22.7. The highest BCUT2D eigenvalue weighted by Gasteiger charge is 2.21. The second-order valence-corrected chi connectivity index (χ2v) is 7.58. The fourth-order valence-corrected chi connectivity index (χ4v) is 3.82. The summed E-state index contributed by atoms with van der Waals surface area (Å²) in [6.07, 6.45) is 5.17. The number of rotatable bonds is 6. The zero-order valence-corrected chi connectivity index (χ0v) is 19.0. The van der Waals surface area contributed by atoms with Gasteiger partial charge in [0.1, 0.15) is 0 Å². The van der Waals surface area contributed by atoms with Crippen molar-refractivity contribution in [1.29, 1.82) is 0 Å². The Hall–Kier alpha value is -1.35. The molecule has 0 atom stereocenters. The SMILES string of the molecule is CCNC(=NCc1cccc(CN2CCCC2=O)c1)NC1CCC(O)CC1.I. The Bertz CT molecular complexity index is 660. The number of aliphatic hydroxyl groups is 1. The van der Waals surface area contributed by atoms with Crippen molar-refractivity contribution in [1.82, 2.24) is 15.5 Å². The van der Waals surface area contributed by atoms with Gasteiger partial charge in [-0.3, -0.25) is 4.79 Å². The molecule has 1 aromatic rings. The van der Waals surface area contributed by atoms with Crippen LogP contribution in [0.25, 0.3) is 0 Å². The summed E-state index contributed by atoms with van der Waals surface area (Å²) < 4.78 is 0. The van der Waals surface area contributed by atoms with E-state index >= 15 is 0 Å². The summed E-state index contributed by atoms with van der Waals surface area (Å²) in [5, 5.41) is 16.5. The lowest BCUT2D eigenvalue weighted by Gasteiger charge is -2.27. The monoisotopic (exact) mass is 500 g/mol. The first-order valence-electron chi connectivity index (χ1n) is 10.2. The summed E-state index contributed by atoms with van der Waals surface area (Å²) in [6, 6.07) is 8.73. The zero-order chi connectivity index (χ0) is 19.1. The Morgan fingerprint density at radius 3 is 2.68 bits per heavy atom. The lowest BCUT2D eigenvalue weighted by Crippen LogP contribution is -2.45. The van der Waals surface area contributed by atoms with Crippen LogP contribution in [0.4, 0.5) is 0 Å². The topological polar surface area (TPSA) is 77.0 Å². The van der Waals surface area contributed by atoms with Crippen LogP contribution >= 0.6 is 24.0 Å². The molecule has 2 aliphatic rings. The molecule has 3 N–H and O–H groups in total. The maximum absolute atomic E-state index is 11.8. The number of carbonyl (C=O) groups is 1. The number of likely N-dealkylation sites (tertiary alicyclic amines) is 1. The van der Waals surface area contributed by atoms with E-state index in [1.807, 2.05) is 11.0 Å².